The third kappa shape index (κ3) is 4.43. The van der Waals surface area contributed by atoms with Crippen molar-refractivity contribution in [2.45, 2.75) is 6.18 Å². The molecule has 0 saturated carbocycles. The maximum absolute atomic E-state index is 13.6. The molecule has 2 aromatic heterocycles. The predicted octanol–water partition coefficient (Wildman–Crippen LogP) is 6.36. The lowest BCUT2D eigenvalue weighted by molar-refractivity contribution is -0.153. The minimum absolute atomic E-state index is 0.0215. The Morgan fingerprint density at radius 2 is 1.72 bits per heavy atom. The standard InChI is InChI=1S/C19H9Cl3F3N5O2/c20-9-3-1-8(2-4-9)15-6-11(16(32-15)19(23,24)25)18(31)26-14-7-13(22)12(21)5-10(14)17-27-29-30-28-17/h1-7H,(H,26,31)(H,27,28,29,30). The molecule has 32 heavy (non-hydrogen) atoms. The molecule has 0 atom stereocenters. The zero-order valence-corrected chi connectivity index (χ0v) is 17.7. The molecule has 2 heterocycles. The quantitative estimate of drug-likeness (QED) is 0.339. The van der Waals surface area contributed by atoms with Crippen LogP contribution in [0.25, 0.3) is 22.7 Å². The second-order valence-corrected chi connectivity index (χ2v) is 7.61. The molecule has 0 radical (unpaired) electrons. The number of benzene rings is 2. The first-order valence-corrected chi connectivity index (χ1v) is 9.78. The van der Waals surface area contributed by atoms with Crippen LogP contribution in [0.15, 0.2) is 46.9 Å². The van der Waals surface area contributed by atoms with Crippen LogP contribution in [0.1, 0.15) is 16.1 Å². The van der Waals surface area contributed by atoms with Crippen LogP contribution in [0.5, 0.6) is 0 Å². The Hall–Kier alpha value is -3.08. The number of tetrazole rings is 1. The minimum Gasteiger partial charge on any atom is -0.451 e. The summed E-state index contributed by atoms with van der Waals surface area (Å²) in [6.45, 7) is 0. The number of rotatable bonds is 4. The Labute approximate surface area is 192 Å². The van der Waals surface area contributed by atoms with Gasteiger partial charge < -0.3 is 9.73 Å². The molecule has 4 rings (SSSR count). The van der Waals surface area contributed by atoms with Gasteiger partial charge in [0, 0.05) is 16.1 Å². The summed E-state index contributed by atoms with van der Waals surface area (Å²) in [7, 11) is 0. The van der Waals surface area contributed by atoms with Crippen LogP contribution in [-0.4, -0.2) is 26.5 Å². The van der Waals surface area contributed by atoms with E-state index in [2.05, 4.69) is 25.9 Å². The van der Waals surface area contributed by atoms with Gasteiger partial charge in [-0.1, -0.05) is 34.8 Å². The van der Waals surface area contributed by atoms with Gasteiger partial charge in [0.05, 0.1) is 21.3 Å². The Balaban J connectivity index is 1.76. The van der Waals surface area contributed by atoms with Crippen LogP contribution >= 0.6 is 34.8 Å². The molecule has 0 bridgehead atoms. The minimum atomic E-state index is -4.93. The largest absolute Gasteiger partial charge is 0.451 e. The number of carbonyl (C=O) groups excluding carboxylic acids is 1. The van der Waals surface area contributed by atoms with Gasteiger partial charge in [0.25, 0.3) is 5.91 Å². The van der Waals surface area contributed by atoms with Crippen molar-refractivity contribution in [1.82, 2.24) is 20.6 Å². The van der Waals surface area contributed by atoms with Crippen molar-refractivity contribution in [2.75, 3.05) is 5.32 Å². The number of hydrogen-bond acceptors (Lipinski definition) is 5. The molecule has 164 valence electrons. The van der Waals surface area contributed by atoms with Crippen LogP contribution < -0.4 is 5.32 Å². The lowest BCUT2D eigenvalue weighted by atomic mass is 10.1. The normalized spacial score (nSPS) is 11.6. The zero-order chi connectivity index (χ0) is 23.0. The Bertz CT molecular complexity index is 1290. The van der Waals surface area contributed by atoms with Gasteiger partial charge in [-0.25, -0.2) is 0 Å². The highest BCUT2D eigenvalue weighted by Crippen LogP contribution is 2.39. The number of aromatic amines is 1. The molecule has 0 aliphatic rings. The molecule has 0 fully saturated rings. The summed E-state index contributed by atoms with van der Waals surface area (Å²) in [6, 6.07) is 9.52. The van der Waals surface area contributed by atoms with E-state index in [0.717, 1.165) is 6.07 Å². The van der Waals surface area contributed by atoms with E-state index in [-0.39, 0.29) is 32.9 Å². The van der Waals surface area contributed by atoms with E-state index in [1.165, 1.54) is 36.4 Å². The molecule has 0 spiro atoms. The van der Waals surface area contributed by atoms with Gasteiger partial charge in [-0.3, -0.25) is 4.79 Å². The maximum atomic E-state index is 13.6. The molecular formula is C19H9Cl3F3N5O2. The number of hydrogen-bond donors (Lipinski definition) is 2. The number of H-pyrrole nitrogens is 1. The summed E-state index contributed by atoms with van der Waals surface area (Å²) in [4.78, 5) is 12.9. The van der Waals surface area contributed by atoms with Gasteiger partial charge in [0.1, 0.15) is 5.76 Å². The number of aromatic nitrogens is 4. The molecule has 0 aliphatic carbocycles. The van der Waals surface area contributed by atoms with Crippen LogP contribution in [0.4, 0.5) is 18.9 Å². The van der Waals surface area contributed by atoms with Crippen molar-refractivity contribution < 1.29 is 22.4 Å². The van der Waals surface area contributed by atoms with E-state index in [9.17, 15) is 18.0 Å². The second kappa shape index (κ2) is 8.45. The fraction of sp³-hybridized carbons (Fsp3) is 0.0526. The van der Waals surface area contributed by atoms with Crippen molar-refractivity contribution in [2.24, 2.45) is 0 Å². The molecule has 0 unspecified atom stereocenters. The average molecular weight is 503 g/mol. The second-order valence-electron chi connectivity index (χ2n) is 6.36. The molecule has 13 heteroatoms. The summed E-state index contributed by atoms with van der Waals surface area (Å²) in [5.74, 6) is -2.67. The average Bonchev–Trinajstić information content (AvgIpc) is 3.41. The van der Waals surface area contributed by atoms with Gasteiger partial charge in [-0.05, 0) is 47.7 Å². The van der Waals surface area contributed by atoms with Crippen LogP contribution in [0, 0.1) is 0 Å². The van der Waals surface area contributed by atoms with Crippen molar-refractivity contribution in [1.29, 1.82) is 0 Å². The third-order valence-corrected chi connectivity index (χ3v) is 5.23. The molecule has 2 aromatic carbocycles. The van der Waals surface area contributed by atoms with Gasteiger partial charge in [0.15, 0.2) is 0 Å². The number of anilines is 1. The van der Waals surface area contributed by atoms with E-state index in [1.807, 2.05) is 0 Å². The molecule has 2 N–H and O–H groups in total. The number of carbonyl (C=O) groups is 1. The van der Waals surface area contributed by atoms with E-state index in [1.54, 1.807) is 0 Å². The first kappa shape index (κ1) is 22.1. The van der Waals surface area contributed by atoms with E-state index in [0.29, 0.717) is 10.6 Å². The number of alkyl halides is 3. The molecule has 0 saturated heterocycles. The Morgan fingerprint density at radius 3 is 2.34 bits per heavy atom. The lowest BCUT2D eigenvalue weighted by Gasteiger charge is -2.11. The van der Waals surface area contributed by atoms with Crippen molar-refractivity contribution in [3.63, 3.8) is 0 Å². The van der Waals surface area contributed by atoms with E-state index < -0.39 is 23.4 Å². The smallest absolute Gasteiger partial charge is 0.450 e. The molecule has 0 aliphatic heterocycles. The van der Waals surface area contributed by atoms with E-state index in [4.69, 9.17) is 39.2 Å². The fourth-order valence-corrected chi connectivity index (χ4v) is 3.28. The van der Waals surface area contributed by atoms with Crippen molar-refractivity contribution in [3.05, 3.63) is 68.9 Å². The van der Waals surface area contributed by atoms with Crippen LogP contribution in [-0.2, 0) is 6.18 Å². The maximum Gasteiger partial charge on any atom is 0.450 e. The molecule has 1 amide bonds. The fourth-order valence-electron chi connectivity index (χ4n) is 2.83. The molecule has 7 nitrogen and oxygen atoms in total. The molecular weight excluding hydrogens is 494 g/mol. The number of amides is 1. The van der Waals surface area contributed by atoms with Gasteiger partial charge >= 0.3 is 6.18 Å². The number of furan rings is 1. The first-order chi connectivity index (χ1) is 15.1. The monoisotopic (exact) mass is 501 g/mol. The Morgan fingerprint density at radius 1 is 1.03 bits per heavy atom. The summed E-state index contributed by atoms with van der Waals surface area (Å²) < 4.78 is 45.8. The summed E-state index contributed by atoms with van der Waals surface area (Å²) in [6.07, 6.45) is -4.93. The highest BCUT2D eigenvalue weighted by atomic mass is 35.5. The summed E-state index contributed by atoms with van der Waals surface area (Å²) >= 11 is 17.9. The molecule has 4 aromatic rings. The van der Waals surface area contributed by atoms with E-state index >= 15 is 0 Å². The number of halogens is 6. The van der Waals surface area contributed by atoms with Crippen LogP contribution in [0.3, 0.4) is 0 Å². The van der Waals surface area contributed by atoms with Crippen LogP contribution in [0.2, 0.25) is 15.1 Å². The van der Waals surface area contributed by atoms with Gasteiger partial charge in [0.2, 0.25) is 11.6 Å². The van der Waals surface area contributed by atoms with Gasteiger partial charge in [-0.15, -0.1) is 10.2 Å². The summed E-state index contributed by atoms with van der Waals surface area (Å²) in [5, 5.41) is 16.2. The number of nitrogens with zero attached hydrogens (tertiary/aromatic N) is 3. The first-order valence-electron chi connectivity index (χ1n) is 8.64. The zero-order valence-electron chi connectivity index (χ0n) is 15.5. The highest BCUT2D eigenvalue weighted by molar-refractivity contribution is 6.42. The predicted molar refractivity (Wildman–Crippen MR) is 112 cm³/mol. The third-order valence-electron chi connectivity index (χ3n) is 4.26. The summed E-state index contributed by atoms with van der Waals surface area (Å²) in [5.41, 5.74) is -0.210. The topological polar surface area (TPSA) is 96.7 Å². The lowest BCUT2D eigenvalue weighted by Crippen LogP contribution is -2.17. The van der Waals surface area contributed by atoms with Crippen molar-refractivity contribution in [3.8, 4) is 22.7 Å². The number of nitrogens with one attached hydrogen (secondary N) is 2. The highest BCUT2D eigenvalue weighted by Gasteiger charge is 2.40. The Kier molecular flexibility index (Phi) is 5.85. The van der Waals surface area contributed by atoms with Gasteiger partial charge in [-0.2, -0.15) is 18.4 Å². The van der Waals surface area contributed by atoms with Crippen molar-refractivity contribution >= 4 is 46.4 Å². The SMILES string of the molecule is O=C(Nc1cc(Cl)c(Cl)cc1-c1nn[nH]n1)c1cc(-c2ccc(Cl)cc2)oc1C(F)(F)F.